The molecule has 0 bridgehead atoms. The van der Waals surface area contributed by atoms with Gasteiger partial charge in [-0.05, 0) is 35.6 Å². The third-order valence-corrected chi connectivity index (χ3v) is 3.61. The molecule has 0 N–H and O–H groups in total. The Morgan fingerprint density at radius 2 is 1.20 bits per heavy atom. The Labute approximate surface area is 120 Å². The van der Waals surface area contributed by atoms with E-state index < -0.39 is 0 Å². The summed E-state index contributed by atoms with van der Waals surface area (Å²) in [5.41, 5.74) is 6.46. The molecular formula is C20H18. The average Bonchev–Trinajstić information content (AvgIpc) is 2.75. The standard InChI is InChI=1S/C20H18/c1-16-10-12-20(13-11-16)19-9-5-8-18(14-15-19)17-6-3-2-4-7-17/h2-4,6-15H,5H2,1H3. The predicted molar refractivity (Wildman–Crippen MR) is 87.3 cm³/mol. The van der Waals surface area contributed by atoms with E-state index in [1.807, 2.05) is 0 Å². The first-order chi connectivity index (χ1) is 9.83. The first-order valence-electron chi connectivity index (χ1n) is 7.04. The van der Waals surface area contributed by atoms with Gasteiger partial charge in [-0.3, -0.25) is 0 Å². The minimum atomic E-state index is 0.973. The maximum Gasteiger partial charge on any atom is -0.0151 e. The highest BCUT2D eigenvalue weighted by molar-refractivity contribution is 5.83. The zero-order chi connectivity index (χ0) is 13.8. The lowest BCUT2D eigenvalue weighted by Gasteiger charge is -2.03. The molecule has 98 valence electrons. The molecule has 2 aromatic carbocycles. The second kappa shape index (κ2) is 5.75. The molecule has 0 aliphatic heterocycles. The minimum absolute atomic E-state index is 0.973. The summed E-state index contributed by atoms with van der Waals surface area (Å²) in [5.74, 6) is 0. The molecule has 0 fully saturated rings. The highest BCUT2D eigenvalue weighted by atomic mass is 14.1. The van der Waals surface area contributed by atoms with Crippen LogP contribution in [0.5, 0.6) is 0 Å². The van der Waals surface area contributed by atoms with Crippen LogP contribution in [-0.2, 0) is 0 Å². The normalized spacial score (nSPS) is 14.4. The first kappa shape index (κ1) is 12.7. The van der Waals surface area contributed by atoms with Crippen molar-refractivity contribution in [3.05, 3.63) is 95.6 Å². The van der Waals surface area contributed by atoms with Crippen LogP contribution in [0, 0.1) is 6.92 Å². The molecule has 0 saturated heterocycles. The van der Waals surface area contributed by atoms with Crippen LogP contribution in [0.2, 0.25) is 0 Å². The number of hydrogen-bond acceptors (Lipinski definition) is 0. The van der Waals surface area contributed by atoms with E-state index in [1.54, 1.807) is 0 Å². The van der Waals surface area contributed by atoms with Crippen LogP contribution in [0.3, 0.4) is 0 Å². The van der Waals surface area contributed by atoms with Crippen LogP contribution < -0.4 is 0 Å². The molecule has 0 aromatic heterocycles. The van der Waals surface area contributed by atoms with E-state index in [0.29, 0.717) is 0 Å². The van der Waals surface area contributed by atoms with Crippen molar-refractivity contribution in [2.45, 2.75) is 13.3 Å². The van der Waals surface area contributed by atoms with Crippen molar-refractivity contribution in [2.24, 2.45) is 0 Å². The summed E-state index contributed by atoms with van der Waals surface area (Å²) in [5, 5.41) is 0. The number of hydrogen-bond donors (Lipinski definition) is 0. The van der Waals surface area contributed by atoms with Gasteiger partial charge in [0.2, 0.25) is 0 Å². The van der Waals surface area contributed by atoms with E-state index in [2.05, 4.69) is 85.8 Å². The molecule has 0 spiro atoms. The summed E-state index contributed by atoms with van der Waals surface area (Å²) >= 11 is 0. The number of benzene rings is 2. The van der Waals surface area contributed by atoms with Gasteiger partial charge >= 0.3 is 0 Å². The third kappa shape index (κ3) is 2.80. The van der Waals surface area contributed by atoms with Gasteiger partial charge in [0.1, 0.15) is 0 Å². The second-order valence-corrected chi connectivity index (χ2v) is 5.12. The largest absolute Gasteiger partial charge is 0.0728 e. The molecule has 1 aliphatic carbocycles. The van der Waals surface area contributed by atoms with Gasteiger partial charge in [-0.2, -0.15) is 0 Å². The van der Waals surface area contributed by atoms with Crippen molar-refractivity contribution in [1.29, 1.82) is 0 Å². The van der Waals surface area contributed by atoms with Gasteiger partial charge in [0.25, 0.3) is 0 Å². The summed E-state index contributed by atoms with van der Waals surface area (Å²) in [6, 6.07) is 19.3. The fraction of sp³-hybridized carbons (Fsp3) is 0.100. The van der Waals surface area contributed by atoms with Crippen LogP contribution in [0.4, 0.5) is 0 Å². The molecule has 2 aromatic rings. The minimum Gasteiger partial charge on any atom is -0.0728 e. The lowest BCUT2D eigenvalue weighted by atomic mass is 10.0. The lowest BCUT2D eigenvalue weighted by molar-refractivity contribution is 1.40. The monoisotopic (exact) mass is 258 g/mol. The van der Waals surface area contributed by atoms with E-state index in [9.17, 15) is 0 Å². The molecule has 0 heterocycles. The fourth-order valence-electron chi connectivity index (χ4n) is 2.43. The van der Waals surface area contributed by atoms with Gasteiger partial charge in [0.05, 0.1) is 0 Å². The van der Waals surface area contributed by atoms with Crippen LogP contribution in [-0.4, -0.2) is 0 Å². The van der Waals surface area contributed by atoms with Crippen molar-refractivity contribution >= 4 is 11.1 Å². The maximum absolute atomic E-state index is 2.29. The zero-order valence-corrected chi connectivity index (χ0v) is 11.7. The van der Waals surface area contributed by atoms with Crippen molar-refractivity contribution in [3.8, 4) is 0 Å². The molecule has 3 rings (SSSR count). The summed E-state index contributed by atoms with van der Waals surface area (Å²) in [4.78, 5) is 0. The summed E-state index contributed by atoms with van der Waals surface area (Å²) in [7, 11) is 0. The molecule has 0 unspecified atom stereocenters. The van der Waals surface area contributed by atoms with Gasteiger partial charge in [0, 0.05) is 0 Å². The maximum atomic E-state index is 2.29. The van der Waals surface area contributed by atoms with Crippen molar-refractivity contribution in [2.75, 3.05) is 0 Å². The van der Waals surface area contributed by atoms with Crippen molar-refractivity contribution in [3.63, 3.8) is 0 Å². The Bertz CT molecular complexity index is 668. The summed E-state index contributed by atoms with van der Waals surface area (Å²) < 4.78 is 0. The van der Waals surface area contributed by atoms with Gasteiger partial charge in [0.15, 0.2) is 0 Å². The molecule has 0 radical (unpaired) electrons. The summed E-state index contributed by atoms with van der Waals surface area (Å²) in [6.45, 7) is 2.12. The Balaban J connectivity index is 1.86. The van der Waals surface area contributed by atoms with E-state index in [-0.39, 0.29) is 0 Å². The SMILES string of the molecule is Cc1ccc(C2=CCC=C(c3ccccc3)C=C2)cc1. The van der Waals surface area contributed by atoms with E-state index >= 15 is 0 Å². The van der Waals surface area contributed by atoms with Crippen LogP contribution in [0.1, 0.15) is 23.1 Å². The molecule has 0 heteroatoms. The van der Waals surface area contributed by atoms with Crippen molar-refractivity contribution < 1.29 is 0 Å². The second-order valence-electron chi connectivity index (χ2n) is 5.12. The molecule has 0 atom stereocenters. The van der Waals surface area contributed by atoms with Gasteiger partial charge in [-0.1, -0.05) is 84.5 Å². The van der Waals surface area contributed by atoms with Gasteiger partial charge in [-0.25, -0.2) is 0 Å². The van der Waals surface area contributed by atoms with E-state index in [0.717, 1.165) is 6.42 Å². The Kier molecular flexibility index (Phi) is 3.64. The quantitative estimate of drug-likeness (QED) is 0.674. The molecule has 20 heavy (non-hydrogen) atoms. The number of rotatable bonds is 2. The summed E-state index contributed by atoms with van der Waals surface area (Å²) in [6.07, 6.45) is 9.98. The highest BCUT2D eigenvalue weighted by Crippen LogP contribution is 2.25. The molecular weight excluding hydrogens is 240 g/mol. The zero-order valence-electron chi connectivity index (χ0n) is 11.7. The Morgan fingerprint density at radius 1 is 0.650 bits per heavy atom. The molecule has 0 nitrogen and oxygen atoms in total. The van der Waals surface area contributed by atoms with E-state index in [1.165, 1.54) is 27.8 Å². The van der Waals surface area contributed by atoms with E-state index in [4.69, 9.17) is 0 Å². The molecule has 0 amide bonds. The predicted octanol–water partition coefficient (Wildman–Crippen LogP) is 5.42. The highest BCUT2D eigenvalue weighted by Gasteiger charge is 2.03. The van der Waals surface area contributed by atoms with Crippen LogP contribution >= 0.6 is 0 Å². The topological polar surface area (TPSA) is 0 Å². The number of aryl methyl sites for hydroxylation is 1. The third-order valence-electron chi connectivity index (χ3n) is 3.61. The molecule has 0 saturated carbocycles. The first-order valence-corrected chi connectivity index (χ1v) is 7.04. The molecule has 1 aliphatic rings. The smallest absolute Gasteiger partial charge is 0.0151 e. The lowest BCUT2D eigenvalue weighted by Crippen LogP contribution is -1.81. The van der Waals surface area contributed by atoms with Gasteiger partial charge in [-0.15, -0.1) is 0 Å². The fourth-order valence-corrected chi connectivity index (χ4v) is 2.43. The Hall–Kier alpha value is -2.34. The van der Waals surface area contributed by atoms with Gasteiger partial charge < -0.3 is 0 Å². The van der Waals surface area contributed by atoms with Crippen LogP contribution in [0.25, 0.3) is 11.1 Å². The average molecular weight is 258 g/mol. The number of allylic oxidation sites excluding steroid dienone is 6. The van der Waals surface area contributed by atoms with Crippen LogP contribution in [0.15, 0.2) is 78.9 Å². The van der Waals surface area contributed by atoms with Crippen molar-refractivity contribution in [1.82, 2.24) is 0 Å². The Morgan fingerprint density at radius 3 is 1.80 bits per heavy atom.